The first kappa shape index (κ1) is 14.8. The third-order valence-corrected chi connectivity index (χ3v) is 5.37. The molecule has 1 aromatic rings. The lowest BCUT2D eigenvalue weighted by Crippen LogP contribution is -2.47. The summed E-state index contributed by atoms with van der Waals surface area (Å²) >= 11 is 5.94. The summed E-state index contributed by atoms with van der Waals surface area (Å²) in [5.74, 6) is 0. The summed E-state index contributed by atoms with van der Waals surface area (Å²) in [4.78, 5) is 6.09. The standard InChI is InChI=1S/C11H19ClN4O2S/c1-3-16-6-4-5-9(7-16)14-19(17,18)11-10(12)15(2)8-13-11/h8-9,14H,3-7H2,1-2H3. The van der Waals surface area contributed by atoms with Gasteiger partial charge in [-0.25, -0.2) is 18.1 Å². The minimum Gasteiger partial charge on any atom is -0.324 e. The molecule has 0 spiro atoms. The van der Waals surface area contributed by atoms with E-state index in [-0.39, 0.29) is 16.2 Å². The number of aromatic nitrogens is 2. The lowest BCUT2D eigenvalue weighted by atomic mass is 10.1. The molecule has 0 saturated carbocycles. The van der Waals surface area contributed by atoms with E-state index in [0.29, 0.717) is 0 Å². The van der Waals surface area contributed by atoms with Crippen LogP contribution in [-0.2, 0) is 17.1 Å². The Morgan fingerprint density at radius 3 is 2.89 bits per heavy atom. The van der Waals surface area contributed by atoms with Crippen LogP contribution in [0.25, 0.3) is 0 Å². The minimum absolute atomic E-state index is 0.0724. The van der Waals surface area contributed by atoms with E-state index in [0.717, 1.165) is 32.5 Å². The summed E-state index contributed by atoms with van der Waals surface area (Å²) in [5, 5.41) is 0.0425. The average Bonchev–Trinajstić information content (AvgIpc) is 2.70. The van der Waals surface area contributed by atoms with Crippen LogP contribution in [0, 0.1) is 0 Å². The zero-order valence-electron chi connectivity index (χ0n) is 11.1. The number of likely N-dealkylation sites (N-methyl/N-ethyl adjacent to an activating group) is 1. The Labute approximate surface area is 118 Å². The third kappa shape index (κ3) is 3.28. The monoisotopic (exact) mass is 306 g/mol. The number of hydrogen-bond acceptors (Lipinski definition) is 4. The Balaban J connectivity index is 2.11. The van der Waals surface area contributed by atoms with Crippen LogP contribution in [-0.4, -0.2) is 48.5 Å². The highest BCUT2D eigenvalue weighted by Gasteiger charge is 2.28. The van der Waals surface area contributed by atoms with Crippen molar-refractivity contribution in [2.45, 2.75) is 30.8 Å². The van der Waals surface area contributed by atoms with Gasteiger partial charge in [-0.2, -0.15) is 0 Å². The van der Waals surface area contributed by atoms with Crippen molar-refractivity contribution in [1.82, 2.24) is 19.2 Å². The largest absolute Gasteiger partial charge is 0.324 e. The summed E-state index contributed by atoms with van der Waals surface area (Å²) in [6, 6.07) is -0.0724. The van der Waals surface area contributed by atoms with Crippen molar-refractivity contribution in [3.05, 3.63) is 11.5 Å². The third-order valence-electron chi connectivity index (χ3n) is 3.36. The van der Waals surface area contributed by atoms with Crippen LogP contribution in [0.2, 0.25) is 5.15 Å². The molecule has 0 radical (unpaired) electrons. The number of likely N-dealkylation sites (tertiary alicyclic amines) is 1. The van der Waals surface area contributed by atoms with Crippen LogP contribution < -0.4 is 4.72 Å². The van der Waals surface area contributed by atoms with E-state index in [4.69, 9.17) is 11.6 Å². The second kappa shape index (κ2) is 5.78. The molecule has 1 fully saturated rings. The quantitative estimate of drug-likeness (QED) is 0.895. The van der Waals surface area contributed by atoms with E-state index in [1.807, 2.05) is 0 Å². The Bertz CT molecular complexity index is 543. The van der Waals surface area contributed by atoms with Crippen LogP contribution in [0.4, 0.5) is 0 Å². The Hall–Kier alpha value is -0.630. The highest BCUT2D eigenvalue weighted by molar-refractivity contribution is 7.89. The van der Waals surface area contributed by atoms with Crippen molar-refractivity contribution in [3.8, 4) is 0 Å². The van der Waals surface area contributed by atoms with Gasteiger partial charge in [0.2, 0.25) is 5.03 Å². The zero-order valence-corrected chi connectivity index (χ0v) is 12.7. The Morgan fingerprint density at radius 2 is 2.32 bits per heavy atom. The van der Waals surface area contributed by atoms with Gasteiger partial charge in [0.05, 0.1) is 6.33 Å². The Kier molecular flexibility index (Phi) is 4.50. The molecule has 1 N–H and O–H groups in total. The fourth-order valence-corrected chi connectivity index (χ4v) is 3.98. The summed E-state index contributed by atoms with van der Waals surface area (Å²) in [6.07, 6.45) is 3.24. The number of nitrogens with one attached hydrogen (secondary N) is 1. The van der Waals surface area contributed by atoms with Crippen LogP contribution in [0.15, 0.2) is 11.4 Å². The molecule has 19 heavy (non-hydrogen) atoms. The van der Waals surface area contributed by atoms with E-state index in [9.17, 15) is 8.42 Å². The van der Waals surface area contributed by atoms with Gasteiger partial charge in [0.1, 0.15) is 5.15 Å². The lowest BCUT2D eigenvalue weighted by Gasteiger charge is -2.31. The van der Waals surface area contributed by atoms with E-state index in [2.05, 4.69) is 21.5 Å². The number of rotatable bonds is 4. The molecule has 108 valence electrons. The predicted octanol–water partition coefficient (Wildman–Crippen LogP) is 0.836. The maximum Gasteiger partial charge on any atom is 0.261 e. The van der Waals surface area contributed by atoms with Gasteiger partial charge in [-0.3, -0.25) is 0 Å². The fraction of sp³-hybridized carbons (Fsp3) is 0.727. The van der Waals surface area contributed by atoms with Crippen LogP contribution in [0.1, 0.15) is 19.8 Å². The smallest absolute Gasteiger partial charge is 0.261 e. The van der Waals surface area contributed by atoms with Crippen molar-refractivity contribution in [2.24, 2.45) is 7.05 Å². The molecule has 2 heterocycles. The molecule has 1 aliphatic heterocycles. The molecule has 1 unspecified atom stereocenters. The molecule has 1 aliphatic rings. The fourth-order valence-electron chi connectivity index (χ4n) is 2.29. The van der Waals surface area contributed by atoms with Crippen molar-refractivity contribution >= 4 is 21.6 Å². The number of piperidine rings is 1. The molecule has 0 aromatic carbocycles. The molecule has 1 aromatic heterocycles. The second-order valence-electron chi connectivity index (χ2n) is 4.81. The molecular formula is C11H19ClN4O2S. The maximum absolute atomic E-state index is 12.2. The van der Waals surface area contributed by atoms with Crippen molar-refractivity contribution < 1.29 is 8.42 Å². The summed E-state index contributed by atoms with van der Waals surface area (Å²) in [5.41, 5.74) is 0. The lowest BCUT2D eigenvalue weighted by molar-refractivity contribution is 0.211. The van der Waals surface area contributed by atoms with Gasteiger partial charge in [0, 0.05) is 19.6 Å². The molecule has 8 heteroatoms. The highest BCUT2D eigenvalue weighted by atomic mass is 35.5. The van der Waals surface area contributed by atoms with Crippen LogP contribution in [0.3, 0.4) is 0 Å². The van der Waals surface area contributed by atoms with Gasteiger partial charge < -0.3 is 9.47 Å². The second-order valence-corrected chi connectivity index (χ2v) is 6.79. The zero-order chi connectivity index (χ0) is 14.0. The first-order valence-corrected chi connectivity index (χ1v) is 8.21. The Morgan fingerprint density at radius 1 is 1.58 bits per heavy atom. The first-order chi connectivity index (χ1) is 8.94. The minimum atomic E-state index is -3.64. The molecule has 1 atom stereocenters. The molecule has 0 amide bonds. The van der Waals surface area contributed by atoms with Gasteiger partial charge in [-0.1, -0.05) is 18.5 Å². The van der Waals surface area contributed by atoms with Gasteiger partial charge in [0.15, 0.2) is 0 Å². The van der Waals surface area contributed by atoms with Crippen molar-refractivity contribution in [2.75, 3.05) is 19.6 Å². The number of aryl methyl sites for hydroxylation is 1. The average molecular weight is 307 g/mol. The highest BCUT2D eigenvalue weighted by Crippen LogP contribution is 2.20. The number of imidazole rings is 1. The van der Waals surface area contributed by atoms with Gasteiger partial charge in [0.25, 0.3) is 10.0 Å². The van der Waals surface area contributed by atoms with Crippen molar-refractivity contribution in [3.63, 3.8) is 0 Å². The number of nitrogens with zero attached hydrogens (tertiary/aromatic N) is 3. The van der Waals surface area contributed by atoms with Crippen LogP contribution in [0.5, 0.6) is 0 Å². The van der Waals surface area contributed by atoms with Gasteiger partial charge in [-0.05, 0) is 25.9 Å². The molecule has 2 rings (SSSR count). The first-order valence-electron chi connectivity index (χ1n) is 6.35. The summed E-state index contributed by atoms with van der Waals surface area (Å²) in [7, 11) is -1.98. The molecule has 0 aliphatic carbocycles. The van der Waals surface area contributed by atoms with E-state index in [1.54, 1.807) is 7.05 Å². The predicted molar refractivity (Wildman–Crippen MR) is 73.7 cm³/mol. The summed E-state index contributed by atoms with van der Waals surface area (Å²) in [6.45, 7) is 4.77. The molecule has 0 bridgehead atoms. The summed E-state index contributed by atoms with van der Waals surface area (Å²) < 4.78 is 28.7. The van der Waals surface area contributed by atoms with E-state index in [1.165, 1.54) is 10.9 Å². The molecule has 1 saturated heterocycles. The van der Waals surface area contributed by atoms with Gasteiger partial charge in [-0.15, -0.1) is 0 Å². The maximum atomic E-state index is 12.2. The van der Waals surface area contributed by atoms with Crippen LogP contribution >= 0.6 is 11.6 Å². The number of halogens is 1. The number of sulfonamides is 1. The number of hydrogen-bond donors (Lipinski definition) is 1. The van der Waals surface area contributed by atoms with E-state index >= 15 is 0 Å². The van der Waals surface area contributed by atoms with E-state index < -0.39 is 10.0 Å². The molecular weight excluding hydrogens is 288 g/mol. The van der Waals surface area contributed by atoms with Crippen molar-refractivity contribution in [1.29, 1.82) is 0 Å². The SMILES string of the molecule is CCN1CCCC(NS(=O)(=O)c2ncn(C)c2Cl)C1. The van der Waals surface area contributed by atoms with Gasteiger partial charge >= 0.3 is 0 Å². The topological polar surface area (TPSA) is 67.2 Å². The molecule has 6 nitrogen and oxygen atoms in total. The normalized spacial score (nSPS) is 21.7.